The van der Waals surface area contributed by atoms with Gasteiger partial charge in [0.15, 0.2) is 0 Å². The van der Waals surface area contributed by atoms with E-state index in [2.05, 4.69) is 24.9 Å². The summed E-state index contributed by atoms with van der Waals surface area (Å²) in [6.45, 7) is 3.40. The van der Waals surface area contributed by atoms with Gasteiger partial charge in [-0.2, -0.15) is 5.10 Å². The zero-order chi connectivity index (χ0) is 18.6. The van der Waals surface area contributed by atoms with Crippen LogP contribution in [0.25, 0.3) is 0 Å². The Hall–Kier alpha value is -3.29. The minimum Gasteiger partial charge on any atom is -0.352 e. The van der Waals surface area contributed by atoms with Crippen molar-refractivity contribution in [3.8, 4) is 0 Å². The van der Waals surface area contributed by atoms with Crippen molar-refractivity contribution in [1.29, 1.82) is 0 Å². The molecule has 0 atom stereocenters. The van der Waals surface area contributed by atoms with Crippen molar-refractivity contribution in [3.05, 3.63) is 76.6 Å². The van der Waals surface area contributed by atoms with Crippen molar-refractivity contribution in [1.82, 2.24) is 19.7 Å². The summed E-state index contributed by atoms with van der Waals surface area (Å²) in [5.41, 5.74) is 0.647. The lowest BCUT2D eigenvalue weighted by atomic mass is 10.2. The highest BCUT2D eigenvalue weighted by Crippen LogP contribution is 2.15. The molecule has 1 aliphatic heterocycles. The van der Waals surface area contributed by atoms with Crippen molar-refractivity contribution >= 4 is 11.8 Å². The molecule has 7 nitrogen and oxygen atoms in total. The van der Waals surface area contributed by atoms with E-state index in [1.54, 1.807) is 36.7 Å². The quantitative estimate of drug-likeness (QED) is 0.698. The molecule has 0 spiro atoms. The van der Waals surface area contributed by atoms with Crippen LogP contribution in [0.4, 0.5) is 16.2 Å². The number of hydrogen-bond acceptors (Lipinski definition) is 6. The molecular formula is C19H19FN6O. The van der Waals surface area contributed by atoms with Gasteiger partial charge in [0, 0.05) is 44.6 Å². The van der Waals surface area contributed by atoms with E-state index in [1.807, 2.05) is 0 Å². The van der Waals surface area contributed by atoms with Crippen LogP contribution in [-0.4, -0.2) is 45.9 Å². The van der Waals surface area contributed by atoms with Gasteiger partial charge in [0.25, 0.3) is 5.56 Å². The minimum absolute atomic E-state index is 0.181. The maximum atomic E-state index is 13.1. The Balaban J connectivity index is 1.47. The van der Waals surface area contributed by atoms with Gasteiger partial charge in [-0.15, -0.1) is 0 Å². The Morgan fingerprint density at radius 3 is 2.26 bits per heavy atom. The number of benzene rings is 1. The van der Waals surface area contributed by atoms with Gasteiger partial charge in [0.1, 0.15) is 11.6 Å². The topological polar surface area (TPSA) is 67.2 Å². The Kier molecular flexibility index (Phi) is 4.78. The molecule has 2 aromatic heterocycles. The van der Waals surface area contributed by atoms with Gasteiger partial charge in [-0.05, 0) is 29.8 Å². The molecular weight excluding hydrogens is 347 g/mol. The molecule has 0 radical (unpaired) electrons. The number of piperazine rings is 1. The summed E-state index contributed by atoms with van der Waals surface area (Å²) in [5.74, 6) is 1.19. The molecule has 4 rings (SSSR count). The van der Waals surface area contributed by atoms with E-state index in [4.69, 9.17) is 0 Å². The van der Waals surface area contributed by atoms with Crippen LogP contribution in [0.1, 0.15) is 5.56 Å². The smallest absolute Gasteiger partial charge is 0.267 e. The zero-order valence-electron chi connectivity index (χ0n) is 14.7. The van der Waals surface area contributed by atoms with Gasteiger partial charge < -0.3 is 9.80 Å². The van der Waals surface area contributed by atoms with Crippen molar-refractivity contribution in [2.45, 2.75) is 6.54 Å². The van der Waals surface area contributed by atoms with Crippen LogP contribution in [0.3, 0.4) is 0 Å². The molecule has 0 bridgehead atoms. The molecule has 1 fully saturated rings. The van der Waals surface area contributed by atoms with Gasteiger partial charge in [0.05, 0.1) is 6.54 Å². The van der Waals surface area contributed by atoms with Gasteiger partial charge in [-0.3, -0.25) is 4.79 Å². The number of hydrogen-bond donors (Lipinski definition) is 0. The summed E-state index contributed by atoms with van der Waals surface area (Å²) >= 11 is 0. The van der Waals surface area contributed by atoms with Gasteiger partial charge in [0.2, 0.25) is 5.95 Å². The van der Waals surface area contributed by atoms with E-state index in [1.165, 1.54) is 22.9 Å². The molecule has 0 amide bonds. The monoisotopic (exact) mass is 366 g/mol. The SMILES string of the molecule is O=c1ccc(N2CCN(c3ncccn3)CC2)nn1Cc1ccc(F)cc1. The maximum absolute atomic E-state index is 13.1. The van der Waals surface area contributed by atoms with Crippen molar-refractivity contribution < 1.29 is 4.39 Å². The van der Waals surface area contributed by atoms with Crippen molar-refractivity contribution in [2.24, 2.45) is 0 Å². The Bertz CT molecular complexity index is 952. The summed E-state index contributed by atoms with van der Waals surface area (Å²) in [6.07, 6.45) is 3.48. The Labute approximate surface area is 155 Å². The van der Waals surface area contributed by atoms with Gasteiger partial charge >= 0.3 is 0 Å². The second-order valence-electron chi connectivity index (χ2n) is 6.34. The average Bonchev–Trinajstić information content (AvgIpc) is 2.72. The first-order chi connectivity index (χ1) is 13.2. The lowest BCUT2D eigenvalue weighted by molar-refractivity contribution is 0.594. The van der Waals surface area contributed by atoms with Crippen LogP contribution < -0.4 is 15.4 Å². The molecule has 3 aromatic rings. The van der Waals surface area contributed by atoms with E-state index in [-0.39, 0.29) is 11.4 Å². The second kappa shape index (κ2) is 7.53. The van der Waals surface area contributed by atoms with Gasteiger partial charge in [-0.25, -0.2) is 19.0 Å². The van der Waals surface area contributed by atoms with Crippen LogP contribution in [0, 0.1) is 5.82 Å². The molecule has 1 aromatic carbocycles. The molecule has 3 heterocycles. The van der Waals surface area contributed by atoms with E-state index >= 15 is 0 Å². The van der Waals surface area contributed by atoms with Gasteiger partial charge in [-0.1, -0.05) is 12.1 Å². The lowest BCUT2D eigenvalue weighted by Gasteiger charge is -2.35. The fourth-order valence-electron chi connectivity index (χ4n) is 3.07. The number of halogens is 1. The number of aromatic nitrogens is 4. The minimum atomic E-state index is -0.298. The average molecular weight is 366 g/mol. The van der Waals surface area contributed by atoms with Crippen LogP contribution in [0.15, 0.2) is 59.7 Å². The summed E-state index contributed by atoms with van der Waals surface area (Å²) in [7, 11) is 0. The normalized spacial score (nSPS) is 14.4. The molecule has 0 saturated carbocycles. The molecule has 138 valence electrons. The summed E-state index contributed by atoms with van der Waals surface area (Å²) < 4.78 is 14.5. The van der Waals surface area contributed by atoms with Crippen LogP contribution in [0.2, 0.25) is 0 Å². The number of anilines is 2. The Morgan fingerprint density at radius 1 is 0.889 bits per heavy atom. The number of nitrogens with zero attached hydrogens (tertiary/aromatic N) is 6. The van der Waals surface area contributed by atoms with Crippen molar-refractivity contribution in [3.63, 3.8) is 0 Å². The van der Waals surface area contributed by atoms with E-state index < -0.39 is 0 Å². The molecule has 0 unspecified atom stereocenters. The molecule has 1 aliphatic rings. The third-order valence-corrected chi connectivity index (χ3v) is 4.54. The van der Waals surface area contributed by atoms with E-state index in [0.29, 0.717) is 6.54 Å². The first kappa shape index (κ1) is 17.1. The van der Waals surface area contributed by atoms with E-state index in [0.717, 1.165) is 43.5 Å². The molecule has 1 saturated heterocycles. The maximum Gasteiger partial charge on any atom is 0.267 e. The predicted octanol–water partition coefficient (Wildman–Crippen LogP) is 1.55. The summed E-state index contributed by atoms with van der Waals surface area (Å²) in [4.78, 5) is 25.0. The highest BCUT2D eigenvalue weighted by atomic mass is 19.1. The molecule has 8 heteroatoms. The largest absolute Gasteiger partial charge is 0.352 e. The first-order valence-corrected chi connectivity index (χ1v) is 8.78. The zero-order valence-corrected chi connectivity index (χ0v) is 14.7. The first-order valence-electron chi connectivity index (χ1n) is 8.78. The Morgan fingerprint density at radius 2 is 1.56 bits per heavy atom. The second-order valence-corrected chi connectivity index (χ2v) is 6.34. The van der Waals surface area contributed by atoms with Crippen LogP contribution in [0.5, 0.6) is 0 Å². The standard InChI is InChI=1S/C19H19FN6O/c20-16-4-2-15(3-5-16)14-26-18(27)7-6-17(23-26)24-10-12-25(13-11-24)19-21-8-1-9-22-19/h1-9H,10-14H2. The third kappa shape index (κ3) is 3.94. The van der Waals surface area contributed by atoms with Crippen LogP contribution in [-0.2, 0) is 6.54 Å². The summed E-state index contributed by atoms with van der Waals surface area (Å²) in [5, 5.41) is 4.50. The highest BCUT2D eigenvalue weighted by molar-refractivity contribution is 5.41. The fourth-order valence-corrected chi connectivity index (χ4v) is 3.07. The lowest BCUT2D eigenvalue weighted by Crippen LogP contribution is -2.47. The fraction of sp³-hybridized carbons (Fsp3) is 0.263. The van der Waals surface area contributed by atoms with Crippen LogP contribution >= 0.6 is 0 Å². The molecule has 0 N–H and O–H groups in total. The highest BCUT2D eigenvalue weighted by Gasteiger charge is 2.20. The summed E-state index contributed by atoms with van der Waals surface area (Å²) in [6, 6.07) is 11.2. The molecule has 0 aliphatic carbocycles. The molecule has 27 heavy (non-hydrogen) atoms. The van der Waals surface area contributed by atoms with E-state index in [9.17, 15) is 9.18 Å². The van der Waals surface area contributed by atoms with Crippen molar-refractivity contribution in [2.75, 3.05) is 36.0 Å². The predicted molar refractivity (Wildman–Crippen MR) is 100 cm³/mol. The third-order valence-electron chi connectivity index (χ3n) is 4.54. The number of rotatable bonds is 4.